The van der Waals surface area contributed by atoms with E-state index < -0.39 is 17.2 Å². The summed E-state index contributed by atoms with van der Waals surface area (Å²) < 4.78 is 6.22. The highest BCUT2D eigenvalue weighted by Gasteiger charge is 2.49. The standard InChI is InChI=1S/C20H27BrN2O4/c1-13-17(25)23(18(26)22(13)15-9-7-14(21)8-10-15)20(5,6)12-11-16(24)27-19(2,3)4/h7-10,13H,11-12H2,1-6H3/t13-/m0/s1. The zero-order chi connectivity index (χ0) is 20.6. The normalized spacial score (nSPS) is 18.3. The van der Waals surface area contributed by atoms with Gasteiger partial charge in [-0.2, -0.15) is 0 Å². The zero-order valence-electron chi connectivity index (χ0n) is 16.7. The minimum absolute atomic E-state index is 0.133. The third-order valence-electron chi connectivity index (χ3n) is 4.43. The van der Waals surface area contributed by atoms with Crippen LogP contribution in [0.1, 0.15) is 54.4 Å². The van der Waals surface area contributed by atoms with Gasteiger partial charge in [-0.1, -0.05) is 15.9 Å². The van der Waals surface area contributed by atoms with Crippen LogP contribution in [0.3, 0.4) is 0 Å². The summed E-state index contributed by atoms with van der Waals surface area (Å²) in [6.45, 7) is 10.7. The molecule has 3 amide bonds. The molecular weight excluding hydrogens is 412 g/mol. The van der Waals surface area contributed by atoms with E-state index in [0.717, 1.165) is 4.47 Å². The van der Waals surface area contributed by atoms with Gasteiger partial charge in [0.2, 0.25) is 0 Å². The Morgan fingerprint density at radius 3 is 2.19 bits per heavy atom. The lowest BCUT2D eigenvalue weighted by Crippen LogP contribution is -2.49. The van der Waals surface area contributed by atoms with Gasteiger partial charge in [0, 0.05) is 22.1 Å². The monoisotopic (exact) mass is 438 g/mol. The average molecular weight is 439 g/mol. The Bertz CT molecular complexity index is 737. The van der Waals surface area contributed by atoms with Crippen LogP contribution in [0.25, 0.3) is 0 Å². The molecule has 1 saturated heterocycles. The predicted octanol–water partition coefficient (Wildman–Crippen LogP) is 4.51. The Kier molecular flexibility index (Phi) is 6.04. The Balaban J connectivity index is 2.16. The van der Waals surface area contributed by atoms with Crippen molar-refractivity contribution in [1.82, 2.24) is 4.90 Å². The van der Waals surface area contributed by atoms with Crippen molar-refractivity contribution in [3.63, 3.8) is 0 Å². The molecule has 2 rings (SSSR count). The van der Waals surface area contributed by atoms with E-state index in [1.54, 1.807) is 53.7 Å². The van der Waals surface area contributed by atoms with Gasteiger partial charge in [-0.25, -0.2) is 4.79 Å². The lowest BCUT2D eigenvalue weighted by atomic mass is 9.96. The molecule has 0 unspecified atom stereocenters. The molecule has 1 aromatic carbocycles. The Labute approximate surface area is 169 Å². The van der Waals surface area contributed by atoms with Gasteiger partial charge in [-0.3, -0.25) is 19.4 Å². The van der Waals surface area contributed by atoms with Crippen LogP contribution >= 0.6 is 15.9 Å². The van der Waals surface area contributed by atoms with E-state index in [2.05, 4.69) is 15.9 Å². The van der Waals surface area contributed by atoms with E-state index in [9.17, 15) is 14.4 Å². The van der Waals surface area contributed by atoms with Gasteiger partial charge in [-0.05, 0) is 72.2 Å². The molecule has 0 aromatic heterocycles. The minimum Gasteiger partial charge on any atom is -0.460 e. The fourth-order valence-electron chi connectivity index (χ4n) is 3.07. The fourth-order valence-corrected chi connectivity index (χ4v) is 3.33. The molecule has 1 fully saturated rings. The van der Waals surface area contributed by atoms with Crippen LogP contribution in [-0.4, -0.2) is 40.0 Å². The van der Waals surface area contributed by atoms with E-state index in [4.69, 9.17) is 4.74 Å². The molecule has 6 nitrogen and oxygen atoms in total. The van der Waals surface area contributed by atoms with Crippen molar-refractivity contribution in [2.45, 2.75) is 71.6 Å². The van der Waals surface area contributed by atoms with E-state index >= 15 is 0 Å². The first kappa shape index (κ1) is 21.4. The molecule has 0 saturated carbocycles. The molecular formula is C20H27BrN2O4. The molecule has 7 heteroatoms. The maximum absolute atomic E-state index is 13.0. The second kappa shape index (κ2) is 7.62. The van der Waals surface area contributed by atoms with E-state index in [1.165, 1.54) is 9.80 Å². The lowest BCUT2D eigenvalue weighted by Gasteiger charge is -2.33. The minimum atomic E-state index is -0.802. The Hall–Kier alpha value is -1.89. The first-order chi connectivity index (χ1) is 12.3. The van der Waals surface area contributed by atoms with Gasteiger partial charge in [0.1, 0.15) is 11.6 Å². The van der Waals surface area contributed by atoms with Gasteiger partial charge in [-0.15, -0.1) is 0 Å². The van der Waals surface area contributed by atoms with Crippen molar-refractivity contribution in [2.24, 2.45) is 0 Å². The zero-order valence-corrected chi connectivity index (χ0v) is 18.3. The summed E-state index contributed by atoms with van der Waals surface area (Å²) in [5.41, 5.74) is -0.703. The van der Waals surface area contributed by atoms with Gasteiger partial charge in [0.15, 0.2) is 0 Å². The second-order valence-electron chi connectivity index (χ2n) is 8.38. The van der Waals surface area contributed by atoms with Gasteiger partial charge in [0.25, 0.3) is 5.91 Å². The largest absolute Gasteiger partial charge is 0.460 e. The van der Waals surface area contributed by atoms with Crippen LogP contribution in [0, 0.1) is 0 Å². The smallest absolute Gasteiger partial charge is 0.332 e. The van der Waals surface area contributed by atoms with Crippen LogP contribution in [0.15, 0.2) is 28.7 Å². The molecule has 0 radical (unpaired) electrons. The van der Waals surface area contributed by atoms with Crippen molar-refractivity contribution >= 4 is 39.5 Å². The van der Waals surface area contributed by atoms with Crippen LogP contribution in [-0.2, 0) is 14.3 Å². The van der Waals surface area contributed by atoms with Crippen molar-refractivity contribution in [3.05, 3.63) is 28.7 Å². The van der Waals surface area contributed by atoms with Gasteiger partial charge < -0.3 is 4.74 Å². The lowest BCUT2D eigenvalue weighted by molar-refractivity contribution is -0.156. The third kappa shape index (κ3) is 4.89. The summed E-state index contributed by atoms with van der Waals surface area (Å²) in [5.74, 6) is -0.607. The maximum Gasteiger partial charge on any atom is 0.332 e. The summed E-state index contributed by atoms with van der Waals surface area (Å²) in [7, 11) is 0. The highest BCUT2D eigenvalue weighted by Crippen LogP contribution is 2.33. The molecule has 1 heterocycles. The first-order valence-corrected chi connectivity index (χ1v) is 9.77. The Morgan fingerprint density at radius 2 is 1.67 bits per heavy atom. The van der Waals surface area contributed by atoms with Crippen LogP contribution in [0.5, 0.6) is 0 Å². The average Bonchev–Trinajstić information content (AvgIpc) is 2.75. The van der Waals surface area contributed by atoms with Crippen molar-refractivity contribution < 1.29 is 19.1 Å². The van der Waals surface area contributed by atoms with Gasteiger partial charge >= 0.3 is 12.0 Å². The number of rotatable bonds is 5. The molecule has 1 aliphatic heterocycles. The topological polar surface area (TPSA) is 66.9 Å². The number of benzene rings is 1. The van der Waals surface area contributed by atoms with Crippen molar-refractivity contribution in [3.8, 4) is 0 Å². The number of esters is 1. The quantitative estimate of drug-likeness (QED) is 0.500. The number of hydrogen-bond donors (Lipinski definition) is 0. The van der Waals surface area contributed by atoms with E-state index in [0.29, 0.717) is 12.1 Å². The number of nitrogens with zero attached hydrogens (tertiary/aromatic N) is 2. The fraction of sp³-hybridized carbons (Fsp3) is 0.550. The molecule has 0 bridgehead atoms. The molecule has 1 atom stereocenters. The third-order valence-corrected chi connectivity index (χ3v) is 4.96. The molecule has 0 aliphatic carbocycles. The number of hydrogen-bond acceptors (Lipinski definition) is 4. The van der Waals surface area contributed by atoms with Crippen LogP contribution in [0.4, 0.5) is 10.5 Å². The summed E-state index contributed by atoms with van der Waals surface area (Å²) >= 11 is 3.37. The SMILES string of the molecule is C[C@H]1C(=O)N(C(C)(C)CCC(=O)OC(C)(C)C)C(=O)N1c1ccc(Br)cc1. The number of ether oxygens (including phenoxy) is 1. The maximum atomic E-state index is 13.0. The highest BCUT2D eigenvalue weighted by atomic mass is 79.9. The summed E-state index contributed by atoms with van der Waals surface area (Å²) in [6.07, 6.45) is 0.467. The number of carbonyl (C=O) groups excluding carboxylic acids is 3. The number of carbonyl (C=O) groups is 3. The molecule has 1 aromatic rings. The number of imide groups is 1. The molecule has 0 spiro atoms. The van der Waals surface area contributed by atoms with Gasteiger partial charge in [0.05, 0.1) is 0 Å². The second-order valence-corrected chi connectivity index (χ2v) is 9.29. The predicted molar refractivity (Wildman–Crippen MR) is 107 cm³/mol. The number of urea groups is 1. The van der Waals surface area contributed by atoms with E-state index in [-0.39, 0.29) is 24.3 Å². The summed E-state index contributed by atoms with van der Waals surface area (Å²) in [6, 6.07) is 6.28. The molecule has 27 heavy (non-hydrogen) atoms. The highest BCUT2D eigenvalue weighted by molar-refractivity contribution is 9.10. The van der Waals surface area contributed by atoms with Crippen LogP contribution < -0.4 is 4.90 Å². The molecule has 1 aliphatic rings. The van der Waals surface area contributed by atoms with Crippen molar-refractivity contribution in [2.75, 3.05) is 4.90 Å². The molecule has 148 valence electrons. The number of anilines is 1. The first-order valence-electron chi connectivity index (χ1n) is 8.98. The number of halogens is 1. The van der Waals surface area contributed by atoms with Crippen LogP contribution in [0.2, 0.25) is 0 Å². The number of amides is 3. The summed E-state index contributed by atoms with van der Waals surface area (Å²) in [5, 5.41) is 0. The Morgan fingerprint density at radius 1 is 1.11 bits per heavy atom. The van der Waals surface area contributed by atoms with Crippen molar-refractivity contribution in [1.29, 1.82) is 0 Å². The summed E-state index contributed by atoms with van der Waals surface area (Å²) in [4.78, 5) is 40.7. The molecule has 0 N–H and O–H groups in total. The van der Waals surface area contributed by atoms with E-state index in [1.807, 2.05) is 12.1 Å².